The Labute approximate surface area is 126 Å². The van der Waals surface area contributed by atoms with Crippen LogP contribution in [0.4, 0.5) is 5.69 Å². The summed E-state index contributed by atoms with van der Waals surface area (Å²) in [5, 5.41) is 2.07. The molecule has 2 nitrogen and oxygen atoms in total. The van der Waals surface area contributed by atoms with E-state index in [4.69, 9.17) is 9.42 Å². The molecule has 0 N–H and O–H groups in total. The van der Waals surface area contributed by atoms with E-state index < -0.39 is 8.32 Å². The molecule has 0 fully saturated rings. The van der Waals surface area contributed by atoms with E-state index >= 15 is 0 Å². The first-order valence-electron chi connectivity index (χ1n) is 6.74. The Bertz CT molecular complexity index is 612. The molecular weight excluding hydrogens is 282 g/mol. The van der Waals surface area contributed by atoms with Crippen LogP contribution in [0.25, 0.3) is 0 Å². The second-order valence-electron chi connectivity index (χ2n) is 5.86. The number of thiophene rings is 1. The third kappa shape index (κ3) is 4.05. The van der Waals surface area contributed by atoms with Gasteiger partial charge in [-0.25, -0.2) is 4.99 Å². The summed E-state index contributed by atoms with van der Waals surface area (Å²) in [6.45, 7) is 10.7. The molecule has 0 aliphatic carbocycles. The van der Waals surface area contributed by atoms with Crippen molar-refractivity contribution in [2.24, 2.45) is 4.99 Å². The Morgan fingerprint density at radius 1 is 1.20 bits per heavy atom. The van der Waals surface area contributed by atoms with Gasteiger partial charge in [-0.2, -0.15) is 0 Å². The summed E-state index contributed by atoms with van der Waals surface area (Å²) < 4.78 is 6.17. The van der Waals surface area contributed by atoms with Crippen molar-refractivity contribution >= 4 is 31.1 Å². The third-order valence-electron chi connectivity index (χ3n) is 2.70. The van der Waals surface area contributed by atoms with Crippen molar-refractivity contribution in [3.63, 3.8) is 0 Å². The molecule has 0 bridgehead atoms. The molecule has 2 rings (SSSR count). The van der Waals surface area contributed by atoms with Gasteiger partial charge in [0.15, 0.2) is 0 Å². The first-order chi connectivity index (χ1) is 9.35. The smallest absolute Gasteiger partial charge is 0.242 e. The van der Waals surface area contributed by atoms with Gasteiger partial charge in [0, 0.05) is 4.88 Å². The van der Waals surface area contributed by atoms with Crippen molar-refractivity contribution < 1.29 is 4.43 Å². The molecule has 2 aromatic rings. The minimum absolute atomic E-state index is 0.903. The summed E-state index contributed by atoms with van der Waals surface area (Å²) in [7, 11) is -1.64. The van der Waals surface area contributed by atoms with Gasteiger partial charge in [-0.1, -0.05) is 12.1 Å². The highest BCUT2D eigenvalue weighted by atomic mass is 32.1. The topological polar surface area (TPSA) is 21.6 Å². The minimum Gasteiger partial charge on any atom is -0.543 e. The highest BCUT2D eigenvalue weighted by molar-refractivity contribution is 7.12. The lowest BCUT2D eigenvalue weighted by Gasteiger charge is -2.21. The zero-order valence-electron chi connectivity index (χ0n) is 12.7. The number of hydrogen-bond donors (Lipinski definition) is 0. The average Bonchev–Trinajstić information content (AvgIpc) is 2.84. The second-order valence-corrected chi connectivity index (χ2v) is 11.2. The molecule has 0 amide bonds. The van der Waals surface area contributed by atoms with Crippen molar-refractivity contribution in [1.82, 2.24) is 0 Å². The predicted octanol–water partition coefficient (Wildman–Crippen LogP) is 5.41. The fourth-order valence-electron chi connectivity index (χ4n) is 1.85. The molecule has 1 aromatic heterocycles. The fraction of sp³-hybridized carbons (Fsp3) is 0.312. The Morgan fingerprint density at radius 2 is 1.95 bits per heavy atom. The van der Waals surface area contributed by atoms with E-state index in [1.54, 1.807) is 11.3 Å². The van der Waals surface area contributed by atoms with Gasteiger partial charge in [-0.15, -0.1) is 11.3 Å². The van der Waals surface area contributed by atoms with Crippen LogP contribution >= 0.6 is 11.3 Å². The van der Waals surface area contributed by atoms with Gasteiger partial charge in [0.2, 0.25) is 8.32 Å². The van der Waals surface area contributed by atoms with Crippen LogP contribution in [0.5, 0.6) is 5.75 Å². The molecule has 0 saturated carbocycles. The molecule has 0 aliphatic heterocycles. The van der Waals surface area contributed by atoms with Crippen LogP contribution in [0.15, 0.2) is 40.7 Å². The molecule has 0 unspecified atom stereocenters. The summed E-state index contributed by atoms with van der Waals surface area (Å²) >= 11 is 1.71. The van der Waals surface area contributed by atoms with Gasteiger partial charge in [0.25, 0.3) is 0 Å². The highest BCUT2D eigenvalue weighted by Crippen LogP contribution is 2.31. The van der Waals surface area contributed by atoms with Crippen LogP contribution < -0.4 is 4.43 Å². The summed E-state index contributed by atoms with van der Waals surface area (Å²) in [5.74, 6) is 0.903. The molecule has 1 heterocycles. The Balaban J connectivity index is 2.39. The number of nitrogens with zero attached hydrogens (tertiary/aromatic N) is 1. The van der Waals surface area contributed by atoms with E-state index in [1.165, 1.54) is 10.4 Å². The van der Waals surface area contributed by atoms with Gasteiger partial charge in [-0.05, 0) is 62.6 Å². The van der Waals surface area contributed by atoms with E-state index in [9.17, 15) is 0 Å². The Morgan fingerprint density at radius 3 is 2.55 bits per heavy atom. The number of benzene rings is 1. The van der Waals surface area contributed by atoms with E-state index in [1.807, 2.05) is 19.1 Å². The lowest BCUT2D eigenvalue weighted by Crippen LogP contribution is -2.29. The van der Waals surface area contributed by atoms with Gasteiger partial charge in [0.1, 0.15) is 11.4 Å². The lowest BCUT2D eigenvalue weighted by atomic mass is 10.2. The molecule has 0 aliphatic rings. The molecule has 0 saturated heterocycles. The van der Waals surface area contributed by atoms with Crippen LogP contribution in [-0.4, -0.2) is 14.0 Å². The normalized spacial score (nSPS) is 12.6. The summed E-state index contributed by atoms with van der Waals surface area (Å²) in [4.78, 5) is 5.95. The van der Waals surface area contributed by atoms with Crippen molar-refractivity contribution in [3.8, 4) is 5.75 Å². The number of aryl methyl sites for hydroxylation is 1. The zero-order valence-corrected chi connectivity index (χ0v) is 14.5. The molecule has 0 atom stereocenters. The first-order valence-corrected chi connectivity index (χ1v) is 11.0. The molecule has 4 heteroatoms. The van der Waals surface area contributed by atoms with E-state index in [-0.39, 0.29) is 0 Å². The van der Waals surface area contributed by atoms with E-state index in [2.05, 4.69) is 50.1 Å². The van der Waals surface area contributed by atoms with Crippen LogP contribution in [0, 0.1) is 6.92 Å². The number of hydrogen-bond acceptors (Lipinski definition) is 3. The molecule has 106 valence electrons. The maximum Gasteiger partial charge on any atom is 0.242 e. The molecule has 1 aromatic carbocycles. The molecule has 0 radical (unpaired) electrons. The predicted molar refractivity (Wildman–Crippen MR) is 91.3 cm³/mol. The average molecular weight is 304 g/mol. The lowest BCUT2D eigenvalue weighted by molar-refractivity contribution is 0.558. The quantitative estimate of drug-likeness (QED) is 0.546. The molecular formula is C16H21NOSSi. The Kier molecular flexibility index (Phi) is 4.45. The van der Waals surface area contributed by atoms with Gasteiger partial charge in [-0.3, -0.25) is 0 Å². The summed E-state index contributed by atoms with van der Waals surface area (Å²) in [5.41, 5.74) is 3.15. The standard InChI is InChI=1S/C16H21NOSSi/c1-12-8-9-14(15(11-12)18-20(3,4)5)17-13(2)16-7-6-10-19-16/h6-11H,1-5H3. The fourth-order valence-corrected chi connectivity index (χ4v) is 3.35. The summed E-state index contributed by atoms with van der Waals surface area (Å²) in [6, 6.07) is 10.3. The maximum atomic E-state index is 6.17. The number of rotatable bonds is 4. The second kappa shape index (κ2) is 5.93. The van der Waals surface area contributed by atoms with Crippen molar-refractivity contribution in [2.75, 3.05) is 0 Å². The first kappa shape index (κ1) is 15.0. The van der Waals surface area contributed by atoms with Crippen molar-refractivity contribution in [1.29, 1.82) is 0 Å². The maximum absolute atomic E-state index is 6.17. The van der Waals surface area contributed by atoms with Crippen LogP contribution in [0.3, 0.4) is 0 Å². The van der Waals surface area contributed by atoms with Crippen molar-refractivity contribution in [2.45, 2.75) is 33.5 Å². The molecule has 0 spiro atoms. The van der Waals surface area contributed by atoms with Gasteiger partial charge in [0.05, 0.1) is 5.71 Å². The third-order valence-corrected chi connectivity index (χ3v) is 4.51. The van der Waals surface area contributed by atoms with Crippen molar-refractivity contribution in [3.05, 3.63) is 46.2 Å². The monoisotopic (exact) mass is 303 g/mol. The minimum atomic E-state index is -1.64. The van der Waals surface area contributed by atoms with Crippen LogP contribution in [0.2, 0.25) is 19.6 Å². The number of aliphatic imine (C=N–C) groups is 1. The molecule has 20 heavy (non-hydrogen) atoms. The van der Waals surface area contributed by atoms with Crippen LogP contribution in [0.1, 0.15) is 17.4 Å². The highest BCUT2D eigenvalue weighted by Gasteiger charge is 2.18. The zero-order chi connectivity index (χ0) is 14.8. The SMILES string of the molecule is CC(=Nc1ccc(C)cc1O[Si](C)(C)C)c1cccs1. The van der Waals surface area contributed by atoms with Crippen LogP contribution in [-0.2, 0) is 0 Å². The van der Waals surface area contributed by atoms with E-state index in [0.717, 1.165) is 17.1 Å². The Hall–Kier alpha value is -1.39. The summed E-state index contributed by atoms with van der Waals surface area (Å²) in [6.07, 6.45) is 0. The van der Waals surface area contributed by atoms with Gasteiger partial charge < -0.3 is 4.43 Å². The van der Waals surface area contributed by atoms with E-state index in [0.29, 0.717) is 0 Å². The van der Waals surface area contributed by atoms with Gasteiger partial charge >= 0.3 is 0 Å². The largest absolute Gasteiger partial charge is 0.543 e.